The Morgan fingerprint density at radius 3 is 2.71 bits per heavy atom. The summed E-state index contributed by atoms with van der Waals surface area (Å²) in [5.74, 6) is 2.15. The molecule has 1 saturated heterocycles. The van der Waals surface area contributed by atoms with Gasteiger partial charge in [0, 0.05) is 12.0 Å². The highest BCUT2D eigenvalue weighted by Crippen LogP contribution is 2.76. The predicted octanol–water partition coefficient (Wildman–Crippen LogP) is 3.63. The van der Waals surface area contributed by atoms with Gasteiger partial charge in [0.25, 0.3) is 0 Å². The van der Waals surface area contributed by atoms with Crippen molar-refractivity contribution < 1.29 is 14.7 Å². The standard InChI is InChI=1S/C23H38N2O3/c1-4-22-18(25-27-14-13-24)9-11-21(3)17-8-10-20(2)16(5-6-19(20)26)15(17)7-12-23(21,22)28-22/h15-17,19,26H,4-14,24H2,1-3H3/b25-18+/t15-,16-,17-,19-,20-,21+,22-,23-/m0/s1. The molecule has 0 aromatic heterocycles. The van der Waals surface area contributed by atoms with Crippen LogP contribution in [0.5, 0.6) is 0 Å². The number of oxime groups is 1. The smallest absolute Gasteiger partial charge is 0.139 e. The Labute approximate surface area is 169 Å². The third-order valence-corrected chi connectivity index (χ3v) is 10.1. The van der Waals surface area contributed by atoms with E-state index < -0.39 is 0 Å². The number of ether oxygens (including phenoxy) is 1. The lowest BCUT2D eigenvalue weighted by Gasteiger charge is -2.59. The fraction of sp³-hybridized carbons (Fsp3) is 0.957. The number of hydrogen-bond donors (Lipinski definition) is 2. The van der Waals surface area contributed by atoms with Gasteiger partial charge in [0.05, 0.1) is 11.8 Å². The van der Waals surface area contributed by atoms with E-state index in [0.29, 0.717) is 25.0 Å². The fourth-order valence-electron chi connectivity index (χ4n) is 8.63. The number of rotatable bonds is 4. The summed E-state index contributed by atoms with van der Waals surface area (Å²) in [7, 11) is 0. The average Bonchev–Trinajstić information content (AvgIpc) is 3.29. The molecule has 0 amide bonds. The van der Waals surface area contributed by atoms with E-state index in [1.54, 1.807) is 0 Å². The zero-order chi connectivity index (χ0) is 19.8. The van der Waals surface area contributed by atoms with Gasteiger partial charge in [-0.1, -0.05) is 25.9 Å². The molecule has 158 valence electrons. The van der Waals surface area contributed by atoms with Crippen molar-refractivity contribution in [2.45, 2.75) is 95.9 Å². The lowest BCUT2D eigenvalue weighted by Crippen LogP contribution is -2.60. The molecule has 1 aliphatic heterocycles. The Bertz CT molecular complexity index is 683. The van der Waals surface area contributed by atoms with Gasteiger partial charge in [-0.25, -0.2) is 0 Å². The molecular weight excluding hydrogens is 352 g/mol. The largest absolute Gasteiger partial charge is 0.394 e. The van der Waals surface area contributed by atoms with Crippen molar-refractivity contribution in [1.82, 2.24) is 0 Å². The molecular formula is C23H38N2O3. The third kappa shape index (κ3) is 2.11. The highest BCUT2D eigenvalue weighted by Gasteiger charge is 2.83. The van der Waals surface area contributed by atoms with Crippen LogP contribution in [-0.2, 0) is 9.57 Å². The van der Waals surface area contributed by atoms with Crippen LogP contribution in [0.25, 0.3) is 0 Å². The Morgan fingerprint density at radius 2 is 1.96 bits per heavy atom. The molecule has 5 fully saturated rings. The molecule has 28 heavy (non-hydrogen) atoms. The van der Waals surface area contributed by atoms with Crippen LogP contribution in [0.15, 0.2) is 5.16 Å². The molecule has 0 unspecified atom stereocenters. The van der Waals surface area contributed by atoms with Crippen molar-refractivity contribution in [3.05, 3.63) is 0 Å². The van der Waals surface area contributed by atoms with Crippen LogP contribution in [0.4, 0.5) is 0 Å². The van der Waals surface area contributed by atoms with Crippen molar-refractivity contribution in [1.29, 1.82) is 0 Å². The first-order valence-electron chi connectivity index (χ1n) is 11.7. The molecule has 1 spiro atoms. The molecule has 5 nitrogen and oxygen atoms in total. The molecule has 3 N–H and O–H groups in total. The lowest BCUT2D eigenvalue weighted by atomic mass is 9.43. The number of fused-ring (bicyclic) bond motifs is 4. The van der Waals surface area contributed by atoms with Crippen LogP contribution in [-0.4, -0.2) is 41.3 Å². The van der Waals surface area contributed by atoms with Crippen LogP contribution >= 0.6 is 0 Å². The molecule has 5 aliphatic rings. The lowest BCUT2D eigenvalue weighted by molar-refractivity contribution is -0.120. The second kappa shape index (κ2) is 6.18. The topological polar surface area (TPSA) is 80.4 Å². The number of nitrogens with zero attached hydrogens (tertiary/aromatic N) is 1. The van der Waals surface area contributed by atoms with E-state index in [1.807, 2.05) is 0 Å². The maximum Gasteiger partial charge on any atom is 0.139 e. The fourth-order valence-corrected chi connectivity index (χ4v) is 8.63. The van der Waals surface area contributed by atoms with E-state index in [9.17, 15) is 5.11 Å². The van der Waals surface area contributed by atoms with Crippen LogP contribution in [0.1, 0.15) is 78.6 Å². The number of aliphatic hydroxyl groups excluding tert-OH is 1. The molecule has 1 heterocycles. The maximum atomic E-state index is 10.7. The summed E-state index contributed by atoms with van der Waals surface area (Å²) in [6, 6.07) is 0. The van der Waals surface area contributed by atoms with Crippen molar-refractivity contribution in [2.75, 3.05) is 13.2 Å². The zero-order valence-electron chi connectivity index (χ0n) is 17.9. The van der Waals surface area contributed by atoms with Crippen LogP contribution in [0, 0.1) is 28.6 Å². The molecule has 0 aromatic rings. The molecule has 0 radical (unpaired) electrons. The van der Waals surface area contributed by atoms with Crippen molar-refractivity contribution >= 4 is 5.71 Å². The van der Waals surface area contributed by atoms with Gasteiger partial charge in [0.2, 0.25) is 0 Å². The average molecular weight is 391 g/mol. The third-order valence-electron chi connectivity index (χ3n) is 10.1. The Kier molecular flexibility index (Phi) is 4.26. The second-order valence-corrected chi connectivity index (χ2v) is 10.7. The monoisotopic (exact) mass is 390 g/mol. The summed E-state index contributed by atoms with van der Waals surface area (Å²) >= 11 is 0. The minimum absolute atomic E-state index is 0.0516. The first-order valence-corrected chi connectivity index (χ1v) is 11.7. The summed E-state index contributed by atoms with van der Waals surface area (Å²) in [6.07, 6.45) is 10.00. The van der Waals surface area contributed by atoms with Gasteiger partial charge < -0.3 is 20.4 Å². The second-order valence-electron chi connectivity index (χ2n) is 10.7. The molecule has 0 bridgehead atoms. The van der Waals surface area contributed by atoms with E-state index >= 15 is 0 Å². The minimum atomic E-state index is -0.213. The normalized spacial score (nSPS) is 55.8. The van der Waals surface area contributed by atoms with Crippen molar-refractivity contribution in [3.8, 4) is 0 Å². The van der Waals surface area contributed by atoms with Gasteiger partial charge in [0.1, 0.15) is 17.8 Å². The highest BCUT2D eigenvalue weighted by atomic mass is 16.7. The van der Waals surface area contributed by atoms with Gasteiger partial charge in [0.15, 0.2) is 0 Å². The first kappa shape index (κ1) is 19.3. The summed E-state index contributed by atoms with van der Waals surface area (Å²) in [5.41, 5.74) is 6.79. The Balaban J connectivity index is 1.46. The first-order chi connectivity index (χ1) is 13.4. The quantitative estimate of drug-likeness (QED) is 0.436. The molecule has 5 rings (SSSR count). The van der Waals surface area contributed by atoms with Gasteiger partial charge in [-0.2, -0.15) is 0 Å². The molecule has 0 aromatic carbocycles. The van der Waals surface area contributed by atoms with Crippen LogP contribution in [0.2, 0.25) is 0 Å². The Morgan fingerprint density at radius 1 is 1.14 bits per heavy atom. The number of nitrogens with two attached hydrogens (primary N) is 1. The van der Waals surface area contributed by atoms with E-state index in [-0.39, 0.29) is 28.1 Å². The van der Waals surface area contributed by atoms with E-state index in [0.717, 1.165) is 43.7 Å². The van der Waals surface area contributed by atoms with Gasteiger partial charge in [-0.05, 0) is 81.0 Å². The molecule has 4 aliphatic carbocycles. The summed E-state index contributed by atoms with van der Waals surface area (Å²) in [6.45, 7) is 8.10. The zero-order valence-corrected chi connectivity index (χ0v) is 17.9. The predicted molar refractivity (Wildman–Crippen MR) is 109 cm³/mol. The van der Waals surface area contributed by atoms with E-state index in [4.69, 9.17) is 15.3 Å². The minimum Gasteiger partial charge on any atom is -0.394 e. The maximum absolute atomic E-state index is 10.7. The number of epoxide rings is 1. The van der Waals surface area contributed by atoms with Crippen LogP contribution in [0.3, 0.4) is 0 Å². The van der Waals surface area contributed by atoms with Gasteiger partial charge >= 0.3 is 0 Å². The molecule has 4 saturated carbocycles. The molecule has 5 heteroatoms. The van der Waals surface area contributed by atoms with E-state index in [1.165, 1.54) is 25.7 Å². The highest BCUT2D eigenvalue weighted by molar-refractivity contribution is 5.97. The number of hydrogen-bond acceptors (Lipinski definition) is 5. The Hall–Kier alpha value is -0.650. The van der Waals surface area contributed by atoms with E-state index in [2.05, 4.69) is 25.9 Å². The molecule has 8 atom stereocenters. The van der Waals surface area contributed by atoms with Crippen LogP contribution < -0.4 is 5.73 Å². The SMILES string of the molecule is CC[C@@]12O[C@]13CC[C@H]1[C@@H]4CC[C@H](O)[C@@]4(C)CC[C@@H]1[C@@]3(C)CC/C2=N\OCCN. The summed E-state index contributed by atoms with van der Waals surface area (Å²) in [5, 5.41) is 15.2. The van der Waals surface area contributed by atoms with Gasteiger partial charge in [-0.15, -0.1) is 0 Å². The van der Waals surface area contributed by atoms with Crippen molar-refractivity contribution in [3.63, 3.8) is 0 Å². The number of aliphatic hydroxyl groups is 1. The van der Waals surface area contributed by atoms with Gasteiger partial charge in [-0.3, -0.25) is 0 Å². The van der Waals surface area contributed by atoms with Crippen molar-refractivity contribution in [2.24, 2.45) is 39.5 Å². The summed E-state index contributed by atoms with van der Waals surface area (Å²) in [4.78, 5) is 5.50. The summed E-state index contributed by atoms with van der Waals surface area (Å²) < 4.78 is 6.77.